The second-order valence-corrected chi connectivity index (χ2v) is 9.08. The molecule has 186 valence electrons. The van der Waals surface area contributed by atoms with Crippen LogP contribution in [0.4, 0.5) is 0 Å². The standard InChI is InChI=1S/C29H40O5/c1-8-24(13-11-23-12-15-26(20(4)17-23)28(31)32-7)25-14-16-27(21(5)18-25)33-19-29(9-2,10-3)34-22(6)30/h12,14-18,24H,8-11,13,19H2,1-7H3. The Morgan fingerprint density at radius 1 is 0.971 bits per heavy atom. The van der Waals surface area contributed by atoms with Crippen molar-refractivity contribution in [1.29, 1.82) is 0 Å². The first-order chi connectivity index (χ1) is 16.2. The highest BCUT2D eigenvalue weighted by atomic mass is 16.6. The average Bonchev–Trinajstić information content (AvgIpc) is 2.82. The fourth-order valence-corrected chi connectivity index (χ4v) is 4.40. The molecule has 0 aliphatic rings. The molecule has 0 saturated carbocycles. The summed E-state index contributed by atoms with van der Waals surface area (Å²) in [4.78, 5) is 23.4. The maximum Gasteiger partial charge on any atom is 0.338 e. The largest absolute Gasteiger partial charge is 0.489 e. The molecule has 34 heavy (non-hydrogen) atoms. The third kappa shape index (κ3) is 7.09. The van der Waals surface area contributed by atoms with Crippen LogP contribution in [-0.4, -0.2) is 31.3 Å². The van der Waals surface area contributed by atoms with E-state index in [2.05, 4.69) is 32.0 Å². The van der Waals surface area contributed by atoms with Crippen LogP contribution in [0.25, 0.3) is 0 Å². The number of hydrogen-bond acceptors (Lipinski definition) is 5. The van der Waals surface area contributed by atoms with Gasteiger partial charge in [0.25, 0.3) is 0 Å². The molecule has 0 aromatic heterocycles. The first-order valence-corrected chi connectivity index (χ1v) is 12.3. The van der Waals surface area contributed by atoms with Crippen molar-refractivity contribution in [2.45, 2.75) is 85.2 Å². The van der Waals surface area contributed by atoms with Gasteiger partial charge in [0.1, 0.15) is 18.0 Å². The highest BCUT2D eigenvalue weighted by Gasteiger charge is 2.31. The van der Waals surface area contributed by atoms with Gasteiger partial charge in [0.05, 0.1) is 12.7 Å². The molecule has 2 aromatic carbocycles. The Morgan fingerprint density at radius 2 is 1.68 bits per heavy atom. The molecule has 0 aliphatic carbocycles. The Bertz CT molecular complexity index is 974. The minimum atomic E-state index is -0.593. The van der Waals surface area contributed by atoms with Crippen molar-refractivity contribution in [3.05, 3.63) is 64.2 Å². The first-order valence-electron chi connectivity index (χ1n) is 12.3. The fraction of sp³-hybridized carbons (Fsp3) is 0.517. The van der Waals surface area contributed by atoms with E-state index in [-0.39, 0.29) is 11.9 Å². The van der Waals surface area contributed by atoms with Crippen molar-refractivity contribution in [2.75, 3.05) is 13.7 Å². The van der Waals surface area contributed by atoms with E-state index in [0.29, 0.717) is 30.9 Å². The van der Waals surface area contributed by atoms with Crippen LogP contribution >= 0.6 is 0 Å². The molecule has 1 unspecified atom stereocenters. The average molecular weight is 469 g/mol. The van der Waals surface area contributed by atoms with E-state index in [1.54, 1.807) is 0 Å². The van der Waals surface area contributed by atoms with Crippen molar-refractivity contribution in [3.8, 4) is 5.75 Å². The van der Waals surface area contributed by atoms with Gasteiger partial charge in [-0.25, -0.2) is 4.79 Å². The van der Waals surface area contributed by atoms with E-state index in [1.165, 1.54) is 25.2 Å². The Kier molecular flexibility index (Phi) is 10.2. The summed E-state index contributed by atoms with van der Waals surface area (Å²) in [7, 11) is 1.41. The highest BCUT2D eigenvalue weighted by Crippen LogP contribution is 2.31. The molecule has 0 N–H and O–H groups in total. The lowest BCUT2D eigenvalue weighted by Gasteiger charge is -2.31. The van der Waals surface area contributed by atoms with Gasteiger partial charge in [0, 0.05) is 6.92 Å². The Hall–Kier alpha value is -2.82. The zero-order valence-electron chi connectivity index (χ0n) is 21.8. The van der Waals surface area contributed by atoms with Gasteiger partial charge in [-0.1, -0.05) is 45.0 Å². The summed E-state index contributed by atoms with van der Waals surface area (Å²) in [6.45, 7) is 12.0. The number of rotatable bonds is 12. The summed E-state index contributed by atoms with van der Waals surface area (Å²) in [5, 5.41) is 0. The molecule has 0 aliphatic heterocycles. The minimum absolute atomic E-state index is 0.278. The highest BCUT2D eigenvalue weighted by molar-refractivity contribution is 5.90. The maximum absolute atomic E-state index is 11.8. The molecule has 1 atom stereocenters. The van der Waals surface area contributed by atoms with Crippen LogP contribution < -0.4 is 4.74 Å². The molecular formula is C29H40O5. The zero-order valence-corrected chi connectivity index (χ0v) is 21.8. The predicted octanol–water partition coefficient (Wildman–Crippen LogP) is 6.72. The third-order valence-corrected chi connectivity index (χ3v) is 6.78. The molecule has 0 radical (unpaired) electrons. The van der Waals surface area contributed by atoms with Crippen LogP contribution in [0.5, 0.6) is 5.75 Å². The van der Waals surface area contributed by atoms with Crippen LogP contribution in [0.3, 0.4) is 0 Å². The molecule has 5 heteroatoms. The summed E-state index contributed by atoms with van der Waals surface area (Å²) in [5.74, 6) is 0.683. The first kappa shape index (κ1) is 27.4. The van der Waals surface area contributed by atoms with Gasteiger partial charge in [0.2, 0.25) is 0 Å². The molecule has 0 saturated heterocycles. The number of esters is 2. The van der Waals surface area contributed by atoms with Crippen molar-refractivity contribution < 1.29 is 23.8 Å². The topological polar surface area (TPSA) is 61.8 Å². The Morgan fingerprint density at radius 3 is 2.21 bits per heavy atom. The van der Waals surface area contributed by atoms with Crippen molar-refractivity contribution >= 4 is 11.9 Å². The Balaban J connectivity index is 2.07. The second-order valence-electron chi connectivity index (χ2n) is 9.08. The van der Waals surface area contributed by atoms with Crippen LogP contribution in [0.2, 0.25) is 0 Å². The lowest BCUT2D eigenvalue weighted by molar-refractivity contribution is -0.161. The summed E-state index contributed by atoms with van der Waals surface area (Å²) < 4.78 is 16.6. The van der Waals surface area contributed by atoms with Gasteiger partial charge < -0.3 is 14.2 Å². The summed E-state index contributed by atoms with van der Waals surface area (Å²) in [6.07, 6.45) is 4.42. The van der Waals surface area contributed by atoms with E-state index in [4.69, 9.17) is 14.2 Å². The fourth-order valence-electron chi connectivity index (χ4n) is 4.40. The number of aryl methyl sites for hydroxylation is 3. The molecule has 2 aromatic rings. The molecule has 0 spiro atoms. The molecule has 0 amide bonds. The molecule has 5 nitrogen and oxygen atoms in total. The second kappa shape index (κ2) is 12.6. The smallest absolute Gasteiger partial charge is 0.338 e. The van der Waals surface area contributed by atoms with Crippen molar-refractivity contribution in [2.24, 2.45) is 0 Å². The lowest BCUT2D eigenvalue weighted by atomic mass is 9.89. The zero-order chi connectivity index (χ0) is 25.3. The molecule has 0 heterocycles. The third-order valence-electron chi connectivity index (χ3n) is 6.78. The number of benzene rings is 2. The van der Waals surface area contributed by atoms with E-state index in [9.17, 15) is 9.59 Å². The number of carbonyl (C=O) groups is 2. The van der Waals surface area contributed by atoms with E-state index < -0.39 is 5.60 Å². The summed E-state index contributed by atoms with van der Waals surface area (Å²) >= 11 is 0. The van der Waals surface area contributed by atoms with Gasteiger partial charge in [-0.15, -0.1) is 0 Å². The predicted molar refractivity (Wildman–Crippen MR) is 136 cm³/mol. The SMILES string of the molecule is CCC(CCc1ccc(C(=O)OC)c(C)c1)c1ccc(OCC(CC)(CC)OC(C)=O)c(C)c1. The van der Waals surface area contributed by atoms with Crippen molar-refractivity contribution in [3.63, 3.8) is 0 Å². The van der Waals surface area contributed by atoms with Crippen molar-refractivity contribution in [1.82, 2.24) is 0 Å². The van der Waals surface area contributed by atoms with Gasteiger partial charge in [-0.3, -0.25) is 4.79 Å². The molecular weight excluding hydrogens is 428 g/mol. The molecule has 0 bridgehead atoms. The van der Waals surface area contributed by atoms with Crippen LogP contribution in [0.15, 0.2) is 36.4 Å². The lowest BCUT2D eigenvalue weighted by Crippen LogP contribution is -2.39. The number of hydrogen-bond donors (Lipinski definition) is 0. The van der Waals surface area contributed by atoms with Crippen LogP contribution in [0, 0.1) is 13.8 Å². The van der Waals surface area contributed by atoms with E-state index in [1.807, 2.05) is 39.0 Å². The Labute approximate surface area is 204 Å². The van der Waals surface area contributed by atoms with Gasteiger partial charge in [-0.05, 0) is 86.3 Å². The number of methoxy groups -OCH3 is 1. The normalized spacial score (nSPS) is 12.2. The molecule has 2 rings (SSSR count). The summed E-state index contributed by atoms with van der Waals surface area (Å²) in [6, 6.07) is 12.3. The summed E-state index contributed by atoms with van der Waals surface area (Å²) in [5.41, 5.74) is 4.57. The van der Waals surface area contributed by atoms with Gasteiger partial charge in [0.15, 0.2) is 0 Å². The number of ether oxygens (including phenoxy) is 3. The van der Waals surface area contributed by atoms with Crippen LogP contribution in [-0.2, 0) is 20.7 Å². The quantitative estimate of drug-likeness (QED) is 0.324. The van der Waals surface area contributed by atoms with Gasteiger partial charge in [-0.2, -0.15) is 0 Å². The number of carbonyl (C=O) groups excluding carboxylic acids is 2. The molecule has 0 fully saturated rings. The van der Waals surface area contributed by atoms with E-state index in [0.717, 1.165) is 36.1 Å². The monoisotopic (exact) mass is 468 g/mol. The maximum atomic E-state index is 11.8. The van der Waals surface area contributed by atoms with Crippen LogP contribution in [0.1, 0.15) is 91.9 Å². The van der Waals surface area contributed by atoms with Gasteiger partial charge >= 0.3 is 11.9 Å². The minimum Gasteiger partial charge on any atom is -0.489 e. The van der Waals surface area contributed by atoms with E-state index >= 15 is 0 Å².